The van der Waals surface area contributed by atoms with E-state index in [4.69, 9.17) is 219 Å². The number of nitrogens with zero attached hydrogens (tertiary/aromatic N) is 13. The van der Waals surface area contributed by atoms with Gasteiger partial charge >= 0.3 is 6.18 Å². The maximum Gasteiger partial charge on any atom is 0.417 e. The molecule has 0 aliphatic carbocycles. The summed E-state index contributed by atoms with van der Waals surface area (Å²) < 4.78 is 37.9. The molecule has 9 aromatic carbocycles. The summed E-state index contributed by atoms with van der Waals surface area (Å²) in [5.74, 6) is 1.27. The molecular formula is C109H121Cl15F3N21. The highest BCUT2D eigenvalue weighted by Gasteiger charge is 2.34. The second-order valence-electron chi connectivity index (χ2n) is 34.2. The van der Waals surface area contributed by atoms with E-state index in [0.29, 0.717) is 125 Å². The van der Waals surface area contributed by atoms with Gasteiger partial charge in [0.15, 0.2) is 0 Å². The number of nitrogens with two attached hydrogens (primary N) is 4. The first-order chi connectivity index (χ1) is 70.6. The van der Waals surface area contributed by atoms with Gasteiger partial charge in [-0.05, 0) is 195 Å². The third kappa shape index (κ3) is 46.7. The minimum absolute atomic E-state index is 0.0490. The fourth-order valence-electron chi connectivity index (χ4n) is 14.0. The molecule has 0 unspecified atom stereocenters. The topological polar surface area (TPSA) is 360 Å². The first kappa shape index (κ1) is 127. The number of amidine groups is 4. The molecule has 12 N–H and O–H groups in total. The largest absolute Gasteiger partial charge is 0.417 e. The van der Waals surface area contributed by atoms with Crippen molar-refractivity contribution in [3.05, 3.63) is 317 Å². The fraction of sp³-hybridized carbons (Fsp3) is 0.330. The first-order valence-electron chi connectivity index (χ1n) is 47.3. The van der Waals surface area contributed by atoms with Crippen LogP contribution in [0.25, 0.3) is 0 Å². The molecule has 5 aliphatic heterocycles. The van der Waals surface area contributed by atoms with Crippen LogP contribution < -0.4 is 22.9 Å². The molecule has 39 heteroatoms. The summed E-state index contributed by atoms with van der Waals surface area (Å²) in [5.41, 5.74) is 37.4. The zero-order chi connectivity index (χ0) is 109. The third-order valence-electron chi connectivity index (χ3n) is 21.5. The average Bonchev–Trinajstić information content (AvgIpc) is 1.32. The molecule has 0 saturated heterocycles. The van der Waals surface area contributed by atoms with Crippen LogP contribution in [0.4, 0.5) is 13.2 Å². The molecule has 0 saturated carbocycles. The van der Waals surface area contributed by atoms with Gasteiger partial charge in [0, 0.05) is 188 Å². The number of hydrogen-bond donors (Lipinski definition) is 8. The van der Waals surface area contributed by atoms with Crippen LogP contribution in [0, 0.1) is 21.6 Å². The predicted molar refractivity (Wildman–Crippen MR) is 637 cm³/mol. The van der Waals surface area contributed by atoms with Gasteiger partial charge in [-0.1, -0.05) is 307 Å². The molecule has 0 fully saturated rings. The number of nitrogens with one attached hydrogen (secondary N) is 4. The Balaban J connectivity index is 0.000000254. The maximum atomic E-state index is 12.6. The summed E-state index contributed by atoms with van der Waals surface area (Å²) in [7, 11) is 0. The van der Waals surface area contributed by atoms with Crippen molar-refractivity contribution in [1.29, 1.82) is 21.6 Å². The monoisotopic (exact) mass is 2310 g/mol. The van der Waals surface area contributed by atoms with E-state index in [2.05, 4.69) is 132 Å². The summed E-state index contributed by atoms with van der Waals surface area (Å²) in [4.78, 5) is 55.2. The van der Waals surface area contributed by atoms with Gasteiger partial charge in [0.1, 0.15) is 23.3 Å². The molecule has 5 heterocycles. The van der Waals surface area contributed by atoms with Crippen molar-refractivity contribution in [3.8, 4) is 0 Å². The van der Waals surface area contributed by atoms with Crippen LogP contribution in [0.1, 0.15) is 215 Å². The number of rotatable bonds is 30. The lowest BCUT2D eigenvalue weighted by Crippen LogP contribution is -2.14. The number of alkyl halides is 3. The molecule has 0 atom stereocenters. The third-order valence-corrected chi connectivity index (χ3v) is 27.2. The molecule has 9 aromatic rings. The predicted octanol–water partition coefficient (Wildman–Crippen LogP) is 31.6. The van der Waals surface area contributed by atoms with E-state index in [0.717, 1.165) is 152 Å². The van der Waals surface area contributed by atoms with Crippen molar-refractivity contribution in [1.82, 2.24) is 0 Å². The standard InChI is InChI=1S/C15H23N3.C13H13Cl3N2.C13H14Cl2N2.C12H11Cl3N2.C12H12Cl2N2.C12H16ClN3.C11H9Cl2N.C11H14ClN3.C10H9ClF3N3/c1-10(2)12-6-5-7-13(11(3)4)14(12)8-18-9-15(16)17;14-11-4-5-12(15)13(16)10(11)8-17-7-9-3-1-2-6-18-9;14-12-6-3-4-10(13(12)15)8-16-9-11-5-1-2-7-17-11;13-10-3-4-11(14)12(15)9(10)7-16-6-8-2-1-5-17-8;13-11-5-1-3-9(12(11)14)7-15-8-10-4-2-6-16-10;1-8(2)9-4-3-5-11(13)10(9)6-16-7-12(14)15;12-10-4-1-5-11(13)9(10)7-8-3-2-6-14-8;1-2-8-4-3-5-10(12)9(8)6-15-7-11(13)14;11-8-3-1-2-7(10(12,13)14)6(8)4-17-5-9(15)16/h5-8,10-11H,9H2,1-4H3,(H3,16,17);4-5,8H,1-3,6-7H2;3-4,6,8H,1-2,5,7,9H2;3-4,7H,1-2,5-6H2;1,3,5,7H,2,4,6,8H2;3-6,8H,7H2,1-2H3,(H3,14,15);1-2,4-6H,3,7H2;3-6H,2,7H2,1H3,(H3,13,14);1-4H,5H2,(H3,15,16). The molecule has 5 aliphatic rings. The van der Waals surface area contributed by atoms with E-state index in [1.807, 2.05) is 97.4 Å². The number of halogens is 18. The van der Waals surface area contributed by atoms with Crippen LogP contribution in [0.15, 0.2) is 229 Å². The summed E-state index contributed by atoms with van der Waals surface area (Å²) in [6, 6.07) is 44.8. The molecule has 21 nitrogen and oxygen atoms in total. The van der Waals surface area contributed by atoms with Gasteiger partial charge in [-0.25, -0.2) is 0 Å². The summed E-state index contributed by atoms with van der Waals surface area (Å²) in [6.07, 6.45) is 26.3. The second kappa shape index (κ2) is 69.1. The summed E-state index contributed by atoms with van der Waals surface area (Å²) >= 11 is 89.9. The van der Waals surface area contributed by atoms with Crippen molar-refractivity contribution in [2.75, 3.05) is 78.5 Å². The van der Waals surface area contributed by atoms with Crippen LogP contribution in [-0.2, 0) is 19.0 Å². The van der Waals surface area contributed by atoms with Gasteiger partial charge in [0.2, 0.25) is 0 Å². The van der Waals surface area contributed by atoms with Crippen LogP contribution in [0.3, 0.4) is 0 Å². The molecule has 0 amide bonds. The van der Waals surface area contributed by atoms with Gasteiger partial charge in [-0.3, -0.25) is 86.5 Å². The van der Waals surface area contributed by atoms with Crippen LogP contribution >= 0.6 is 174 Å². The van der Waals surface area contributed by atoms with Gasteiger partial charge < -0.3 is 22.9 Å². The molecule has 14 rings (SSSR count). The lowest BCUT2D eigenvalue weighted by atomic mass is 9.89. The van der Waals surface area contributed by atoms with Gasteiger partial charge in [-0.15, -0.1) is 0 Å². The number of hydrogen-bond acceptors (Lipinski definition) is 17. The van der Waals surface area contributed by atoms with Crippen molar-refractivity contribution in [2.45, 2.75) is 156 Å². The van der Waals surface area contributed by atoms with Crippen molar-refractivity contribution in [2.24, 2.45) is 87.8 Å². The van der Waals surface area contributed by atoms with E-state index in [1.54, 1.807) is 73.7 Å². The maximum absolute atomic E-state index is 12.6. The molecule has 0 radical (unpaired) electrons. The minimum atomic E-state index is -4.50. The molecule has 148 heavy (non-hydrogen) atoms. The number of aryl methyl sites for hydroxylation is 1. The molecule has 0 aromatic heterocycles. The number of allylic oxidation sites excluding steroid dienone is 1. The zero-order valence-electron chi connectivity index (χ0n) is 83.0. The van der Waals surface area contributed by atoms with Crippen LogP contribution in [-0.4, -0.2) is 180 Å². The Kier molecular flexibility index (Phi) is 59.3. The lowest BCUT2D eigenvalue weighted by molar-refractivity contribution is -0.137. The molecular weight excluding hydrogens is 2190 g/mol. The zero-order valence-corrected chi connectivity index (χ0v) is 94.4. The van der Waals surface area contributed by atoms with Crippen LogP contribution in [0.5, 0.6) is 0 Å². The quantitative estimate of drug-likeness (QED) is 0.0124. The highest BCUT2D eigenvalue weighted by atomic mass is 35.5. The lowest BCUT2D eigenvalue weighted by Gasteiger charge is -2.16. The Bertz CT molecular complexity index is 6330. The van der Waals surface area contributed by atoms with E-state index in [1.165, 1.54) is 65.9 Å². The Hall–Kier alpha value is -9.55. The van der Waals surface area contributed by atoms with Crippen LogP contribution in [0.2, 0.25) is 75.3 Å². The SMILES string of the molecule is CC(C)c1cccc(C(C)C)c1C=NCC(=N)N.CC(C)c1cccc(Cl)c1C=NCC(=N)N.CCc1cccc(Cl)c1C=NCC(=N)N.Clc1ccc(Cl)c(C=NCC2=NCCC2)c1Cl.Clc1ccc(Cl)c(C=NCC2=NCCCC2)c1Cl.Clc1cccc(C=NCC2=NCCC2)c1Cl.Clc1cccc(C=NCC2=NCCCC2)c1Cl.Clc1cccc(Cl)c1CC1=NC=CC1.N=C(N)CN=Cc1c(Cl)cccc1C(F)(F)F. The Morgan fingerprint density at radius 2 is 0.635 bits per heavy atom. The number of benzene rings is 9. The van der Waals surface area contributed by atoms with Crippen molar-refractivity contribution >= 4 is 276 Å². The Labute approximate surface area is 941 Å². The number of aliphatic imine (C=N–C) groups is 13. The molecule has 788 valence electrons. The first-order valence-corrected chi connectivity index (χ1v) is 53.0. The fourth-order valence-corrected chi connectivity index (χ4v) is 17.2. The van der Waals surface area contributed by atoms with Gasteiger partial charge in [0.25, 0.3) is 0 Å². The summed E-state index contributed by atoms with van der Waals surface area (Å²) in [5, 5.41) is 36.2. The van der Waals surface area contributed by atoms with E-state index in [9.17, 15) is 13.2 Å². The van der Waals surface area contributed by atoms with E-state index < -0.39 is 11.7 Å². The highest BCUT2D eigenvalue weighted by Crippen LogP contribution is 2.37. The van der Waals surface area contributed by atoms with Crippen molar-refractivity contribution in [3.63, 3.8) is 0 Å². The average molecular weight is 2310 g/mol. The van der Waals surface area contributed by atoms with Gasteiger partial charge in [-0.2, -0.15) is 13.2 Å². The molecule has 0 bridgehead atoms. The van der Waals surface area contributed by atoms with Crippen molar-refractivity contribution < 1.29 is 13.2 Å². The molecule has 0 spiro atoms. The summed E-state index contributed by atoms with van der Waals surface area (Å²) in [6.45, 7) is 21.8. The van der Waals surface area contributed by atoms with E-state index in [-0.39, 0.29) is 60.1 Å². The highest BCUT2D eigenvalue weighted by molar-refractivity contribution is 6.47. The normalized spacial score (nSPS) is 13.8. The smallest absolute Gasteiger partial charge is 0.386 e. The Morgan fingerprint density at radius 3 is 1.01 bits per heavy atom. The van der Waals surface area contributed by atoms with E-state index >= 15 is 0 Å². The second-order valence-corrected chi connectivity index (χ2v) is 40.1. The van der Waals surface area contributed by atoms with Gasteiger partial charge in [0.05, 0.1) is 108 Å². The minimum Gasteiger partial charge on any atom is -0.386 e. The Morgan fingerprint density at radius 1 is 0.331 bits per heavy atom.